The Kier molecular flexibility index (Phi) is 4.33. The van der Waals surface area contributed by atoms with Crippen LogP contribution in [-0.2, 0) is 6.18 Å². The van der Waals surface area contributed by atoms with Crippen molar-refractivity contribution in [3.8, 4) is 5.69 Å². The minimum atomic E-state index is -4.96. The summed E-state index contributed by atoms with van der Waals surface area (Å²) in [6.45, 7) is 0. The Labute approximate surface area is 151 Å². The smallest absolute Gasteiger partial charge is 0.418 e. The van der Waals surface area contributed by atoms with Crippen molar-refractivity contribution in [3.05, 3.63) is 69.3 Å². The molecule has 0 spiro atoms. The fourth-order valence-electron chi connectivity index (χ4n) is 2.77. The lowest BCUT2D eigenvalue weighted by molar-refractivity contribution is -0.137. The number of pyridine rings is 1. The summed E-state index contributed by atoms with van der Waals surface area (Å²) >= 11 is 0. The molecule has 5 nitrogen and oxygen atoms in total. The first-order valence-electron chi connectivity index (χ1n) is 7.38. The lowest BCUT2D eigenvalue weighted by Gasteiger charge is -2.19. The molecule has 1 heterocycles. The van der Waals surface area contributed by atoms with E-state index in [2.05, 4.69) is 0 Å². The van der Waals surface area contributed by atoms with Gasteiger partial charge >= 0.3 is 12.1 Å². The van der Waals surface area contributed by atoms with Gasteiger partial charge in [0.15, 0.2) is 17.5 Å². The van der Waals surface area contributed by atoms with Crippen LogP contribution in [0.25, 0.3) is 16.6 Å². The molecule has 3 N–H and O–H groups in total. The summed E-state index contributed by atoms with van der Waals surface area (Å²) in [6, 6.07) is 3.59. The number of carboxylic acid groups (broad SMARTS) is 1. The van der Waals surface area contributed by atoms with Gasteiger partial charge in [0.2, 0.25) is 5.43 Å². The number of benzene rings is 2. The molecule has 146 valence electrons. The van der Waals surface area contributed by atoms with E-state index in [4.69, 9.17) is 5.73 Å². The third-order valence-electron chi connectivity index (χ3n) is 4.01. The van der Waals surface area contributed by atoms with Crippen LogP contribution < -0.4 is 11.2 Å². The van der Waals surface area contributed by atoms with Gasteiger partial charge in [-0.1, -0.05) is 12.1 Å². The first-order valence-corrected chi connectivity index (χ1v) is 7.38. The first kappa shape index (κ1) is 19.3. The average Bonchev–Trinajstić information content (AvgIpc) is 2.63. The molecule has 28 heavy (non-hydrogen) atoms. The highest BCUT2D eigenvalue weighted by Crippen LogP contribution is 2.36. The Morgan fingerprint density at radius 2 is 1.64 bits per heavy atom. The minimum absolute atomic E-state index is 0.317. The number of anilines is 1. The number of para-hydroxylation sites is 1. The van der Waals surface area contributed by atoms with Gasteiger partial charge in [-0.3, -0.25) is 4.79 Å². The number of carboxylic acids is 1. The number of hydrogen-bond acceptors (Lipinski definition) is 3. The fourth-order valence-corrected chi connectivity index (χ4v) is 2.77. The first-order chi connectivity index (χ1) is 13.0. The molecule has 0 amide bonds. The number of nitrogens with two attached hydrogens (primary N) is 1. The normalized spacial score (nSPS) is 11.8. The quantitative estimate of drug-likeness (QED) is 0.389. The molecule has 2 aromatic carbocycles. The summed E-state index contributed by atoms with van der Waals surface area (Å²) in [6.07, 6.45) is -4.56. The maximum absolute atomic E-state index is 14.5. The summed E-state index contributed by atoms with van der Waals surface area (Å²) in [7, 11) is 0. The Morgan fingerprint density at radius 3 is 2.21 bits per heavy atom. The zero-order chi connectivity index (χ0) is 21.0. The van der Waals surface area contributed by atoms with Gasteiger partial charge in [0.1, 0.15) is 5.56 Å². The van der Waals surface area contributed by atoms with Gasteiger partial charge in [-0.15, -0.1) is 0 Å². The average molecular weight is 402 g/mol. The van der Waals surface area contributed by atoms with Crippen molar-refractivity contribution in [1.82, 2.24) is 4.57 Å². The Hall–Kier alpha value is -3.50. The van der Waals surface area contributed by atoms with Crippen molar-refractivity contribution in [3.63, 3.8) is 0 Å². The topological polar surface area (TPSA) is 85.3 Å². The van der Waals surface area contributed by atoms with Crippen LogP contribution >= 0.6 is 0 Å². The molecular weight excluding hydrogens is 394 g/mol. The molecule has 0 bridgehead atoms. The number of aromatic carboxylic acids is 1. The molecule has 0 aliphatic carbocycles. The summed E-state index contributed by atoms with van der Waals surface area (Å²) in [5, 5.41) is 8.08. The van der Waals surface area contributed by atoms with Crippen LogP contribution in [-0.4, -0.2) is 15.6 Å². The number of hydrogen-bond donors (Lipinski definition) is 2. The van der Waals surface area contributed by atoms with Gasteiger partial charge in [0, 0.05) is 6.20 Å². The highest BCUT2D eigenvalue weighted by Gasteiger charge is 2.35. The number of halogens is 6. The van der Waals surface area contributed by atoms with Gasteiger partial charge in [0.05, 0.1) is 27.8 Å². The standard InChI is InChI=1S/C17H8F6N2O3/c18-10-11(19)13(24)9-14(12(10)20)25(5-6(15(9)26)16(27)28)8-4-2-1-3-7(8)17(21,22)23/h1-5H,24H2,(H,27,28). The van der Waals surface area contributed by atoms with Gasteiger partial charge in [-0.2, -0.15) is 13.2 Å². The lowest BCUT2D eigenvalue weighted by Crippen LogP contribution is -2.22. The molecule has 11 heteroatoms. The predicted octanol–water partition coefficient (Wildman–Crippen LogP) is 3.71. The zero-order valence-electron chi connectivity index (χ0n) is 13.4. The second kappa shape index (κ2) is 6.29. The van der Waals surface area contributed by atoms with E-state index in [-0.39, 0.29) is 0 Å². The number of nitrogen functional groups attached to an aromatic ring is 1. The van der Waals surface area contributed by atoms with Crippen LogP contribution in [0.5, 0.6) is 0 Å². The third-order valence-corrected chi connectivity index (χ3v) is 4.01. The highest BCUT2D eigenvalue weighted by atomic mass is 19.4. The van der Waals surface area contributed by atoms with Crippen LogP contribution in [0.2, 0.25) is 0 Å². The number of nitrogens with zero attached hydrogens (tertiary/aromatic N) is 1. The molecule has 3 rings (SSSR count). The second-order valence-electron chi connectivity index (χ2n) is 5.64. The van der Waals surface area contributed by atoms with E-state index in [0.717, 1.165) is 18.2 Å². The highest BCUT2D eigenvalue weighted by molar-refractivity contribution is 5.98. The molecule has 0 aliphatic rings. The molecule has 0 atom stereocenters. The molecule has 0 fully saturated rings. The Bertz CT molecular complexity index is 1200. The van der Waals surface area contributed by atoms with Crippen LogP contribution in [0.3, 0.4) is 0 Å². The fraction of sp³-hybridized carbons (Fsp3) is 0.0588. The van der Waals surface area contributed by atoms with Crippen LogP contribution in [0, 0.1) is 17.5 Å². The number of fused-ring (bicyclic) bond motifs is 1. The van der Waals surface area contributed by atoms with Crippen molar-refractivity contribution in [1.29, 1.82) is 0 Å². The maximum Gasteiger partial charge on any atom is 0.418 e. The van der Waals surface area contributed by atoms with Crippen molar-refractivity contribution in [2.45, 2.75) is 6.18 Å². The van der Waals surface area contributed by atoms with Gasteiger partial charge in [-0.05, 0) is 12.1 Å². The zero-order valence-corrected chi connectivity index (χ0v) is 13.4. The Balaban J connectivity index is 2.65. The molecule has 0 unspecified atom stereocenters. The SMILES string of the molecule is Nc1c(F)c(F)c(F)c2c1c(=O)c(C(=O)O)cn2-c1ccccc1C(F)(F)F. The van der Waals surface area contributed by atoms with E-state index in [1.807, 2.05) is 0 Å². The van der Waals surface area contributed by atoms with Crippen molar-refractivity contribution < 1.29 is 36.2 Å². The molecular formula is C17H8F6N2O3. The number of rotatable bonds is 2. The largest absolute Gasteiger partial charge is 0.477 e. The summed E-state index contributed by atoms with van der Waals surface area (Å²) in [5.74, 6) is -7.95. The summed E-state index contributed by atoms with van der Waals surface area (Å²) < 4.78 is 82.5. The molecule has 0 saturated heterocycles. The van der Waals surface area contributed by atoms with E-state index in [9.17, 15) is 41.0 Å². The van der Waals surface area contributed by atoms with Gasteiger partial charge < -0.3 is 15.4 Å². The third kappa shape index (κ3) is 2.75. The van der Waals surface area contributed by atoms with Gasteiger partial charge in [-0.25, -0.2) is 18.0 Å². The summed E-state index contributed by atoms with van der Waals surface area (Å²) in [4.78, 5) is 23.7. The van der Waals surface area contributed by atoms with E-state index in [0.29, 0.717) is 16.8 Å². The van der Waals surface area contributed by atoms with E-state index >= 15 is 0 Å². The second-order valence-corrected chi connectivity index (χ2v) is 5.64. The molecule has 3 aromatic rings. The van der Waals surface area contributed by atoms with Crippen molar-refractivity contribution in [2.24, 2.45) is 0 Å². The van der Waals surface area contributed by atoms with Crippen LogP contribution in [0.4, 0.5) is 32.0 Å². The molecule has 0 radical (unpaired) electrons. The Morgan fingerprint density at radius 1 is 1.04 bits per heavy atom. The van der Waals surface area contributed by atoms with E-state index < -0.39 is 68.4 Å². The van der Waals surface area contributed by atoms with Crippen molar-refractivity contribution in [2.75, 3.05) is 5.73 Å². The number of alkyl halides is 3. The minimum Gasteiger partial charge on any atom is -0.477 e. The predicted molar refractivity (Wildman–Crippen MR) is 85.8 cm³/mol. The summed E-state index contributed by atoms with van der Waals surface area (Å²) in [5.41, 5.74) is -1.76. The van der Waals surface area contributed by atoms with E-state index in [1.165, 1.54) is 0 Å². The molecule has 0 saturated carbocycles. The number of aromatic nitrogens is 1. The van der Waals surface area contributed by atoms with Crippen LogP contribution in [0.15, 0.2) is 35.3 Å². The maximum atomic E-state index is 14.5. The molecule has 0 aliphatic heterocycles. The van der Waals surface area contributed by atoms with Crippen molar-refractivity contribution >= 4 is 22.6 Å². The lowest BCUT2D eigenvalue weighted by atomic mass is 10.1. The molecule has 1 aromatic heterocycles. The van der Waals surface area contributed by atoms with Gasteiger partial charge in [0.25, 0.3) is 0 Å². The van der Waals surface area contributed by atoms with Crippen LogP contribution in [0.1, 0.15) is 15.9 Å². The number of carbonyl (C=O) groups is 1. The monoisotopic (exact) mass is 402 g/mol. The van der Waals surface area contributed by atoms with E-state index in [1.54, 1.807) is 0 Å².